The van der Waals surface area contributed by atoms with Gasteiger partial charge in [-0.3, -0.25) is 9.59 Å². The molecule has 2 aliphatic rings. The van der Waals surface area contributed by atoms with Gasteiger partial charge in [0.25, 0.3) is 5.91 Å². The molecule has 0 spiro atoms. The van der Waals surface area contributed by atoms with Crippen LogP contribution >= 0.6 is 11.3 Å². The number of hydrogen-bond donors (Lipinski definition) is 0. The molecule has 2 atom stereocenters. The Morgan fingerprint density at radius 1 is 1.12 bits per heavy atom. The molecule has 5 rings (SSSR count). The summed E-state index contributed by atoms with van der Waals surface area (Å²) < 4.78 is 7.22. The Balaban J connectivity index is 1.32. The first-order chi connectivity index (χ1) is 16.5. The molecule has 34 heavy (non-hydrogen) atoms. The summed E-state index contributed by atoms with van der Waals surface area (Å²) in [5.41, 5.74) is 1.80. The molecule has 0 bridgehead atoms. The molecule has 0 unspecified atom stereocenters. The molecular weight excluding hydrogens is 448 g/mol. The molecule has 0 saturated carbocycles. The molecule has 7 nitrogen and oxygen atoms in total. The van der Waals surface area contributed by atoms with Gasteiger partial charge in [-0.05, 0) is 50.5 Å². The van der Waals surface area contributed by atoms with Crippen molar-refractivity contribution in [3.8, 4) is 5.75 Å². The molecule has 1 aromatic heterocycles. The zero-order valence-electron chi connectivity index (χ0n) is 19.6. The lowest BCUT2D eigenvalue weighted by Gasteiger charge is -2.38. The Morgan fingerprint density at radius 3 is 2.65 bits per heavy atom. The number of nitrogens with zero attached hydrogens (tertiary/aromatic N) is 4. The van der Waals surface area contributed by atoms with E-state index < -0.39 is 6.10 Å². The number of para-hydroxylation sites is 3. The summed E-state index contributed by atoms with van der Waals surface area (Å²) >= 11 is 1.62. The van der Waals surface area contributed by atoms with E-state index in [2.05, 4.69) is 6.07 Å². The zero-order valence-corrected chi connectivity index (χ0v) is 20.5. The van der Waals surface area contributed by atoms with Gasteiger partial charge < -0.3 is 19.4 Å². The molecule has 2 amide bonds. The summed E-state index contributed by atoms with van der Waals surface area (Å²) in [4.78, 5) is 36.9. The van der Waals surface area contributed by atoms with Gasteiger partial charge in [0.05, 0.1) is 35.0 Å². The van der Waals surface area contributed by atoms with Gasteiger partial charge in [-0.25, -0.2) is 4.98 Å². The van der Waals surface area contributed by atoms with Crippen LogP contribution in [0.2, 0.25) is 0 Å². The van der Waals surface area contributed by atoms with Crippen molar-refractivity contribution in [3.05, 3.63) is 53.5 Å². The van der Waals surface area contributed by atoms with Gasteiger partial charge in [-0.1, -0.05) is 24.3 Å². The number of hydrogen-bond acceptors (Lipinski definition) is 6. The standard InChI is InChI=1S/C26H30N4O3S/c1-18(25-27-19-10-4-7-13-23(19)34-25)28(2)24(31)17-30-16-22(26(32)29-14-8-3-9-15-29)33-21-12-6-5-11-20(21)30/h4-7,10-13,18,22H,3,8-9,14-17H2,1-2H3/t18-,22+/m1/s1. The number of benzene rings is 2. The lowest BCUT2D eigenvalue weighted by atomic mass is 10.1. The summed E-state index contributed by atoms with van der Waals surface area (Å²) in [5.74, 6) is 0.647. The molecule has 2 aliphatic heterocycles. The van der Waals surface area contributed by atoms with Crippen LogP contribution in [-0.4, -0.2) is 65.9 Å². The van der Waals surface area contributed by atoms with E-state index in [-0.39, 0.29) is 24.4 Å². The first-order valence-electron chi connectivity index (χ1n) is 11.9. The van der Waals surface area contributed by atoms with E-state index in [9.17, 15) is 9.59 Å². The monoisotopic (exact) mass is 478 g/mol. The van der Waals surface area contributed by atoms with Crippen molar-refractivity contribution in [2.75, 3.05) is 38.1 Å². The minimum absolute atomic E-state index is 0.0165. The van der Waals surface area contributed by atoms with E-state index in [1.165, 1.54) is 0 Å². The number of likely N-dealkylation sites (N-methyl/N-ethyl adjacent to an activating group) is 1. The third kappa shape index (κ3) is 4.46. The van der Waals surface area contributed by atoms with Crippen LogP contribution in [0.4, 0.5) is 5.69 Å². The average Bonchev–Trinajstić information content (AvgIpc) is 3.32. The highest BCUT2D eigenvalue weighted by Gasteiger charge is 2.35. The number of rotatable bonds is 5. The van der Waals surface area contributed by atoms with E-state index in [0.29, 0.717) is 12.3 Å². The maximum absolute atomic E-state index is 13.4. The largest absolute Gasteiger partial charge is 0.477 e. The van der Waals surface area contributed by atoms with Gasteiger partial charge in [0, 0.05) is 20.1 Å². The quantitative estimate of drug-likeness (QED) is 0.553. The number of likely N-dealkylation sites (tertiary alicyclic amines) is 1. The first-order valence-corrected chi connectivity index (χ1v) is 12.7. The Hall–Kier alpha value is -3.13. The molecule has 1 saturated heterocycles. The number of aromatic nitrogens is 1. The molecule has 0 N–H and O–H groups in total. The first kappa shape index (κ1) is 22.7. The number of ether oxygens (including phenoxy) is 1. The molecule has 1 fully saturated rings. The van der Waals surface area contributed by atoms with Gasteiger partial charge in [0.1, 0.15) is 10.8 Å². The molecule has 178 valence electrons. The number of fused-ring (bicyclic) bond motifs is 2. The molecule has 2 aromatic carbocycles. The maximum Gasteiger partial charge on any atom is 0.265 e. The number of carbonyl (C=O) groups excluding carboxylic acids is 2. The molecular formula is C26H30N4O3S. The summed E-state index contributed by atoms with van der Waals surface area (Å²) in [7, 11) is 1.82. The van der Waals surface area contributed by atoms with Gasteiger partial charge in [-0.15, -0.1) is 11.3 Å². The fraction of sp³-hybridized carbons (Fsp3) is 0.423. The van der Waals surface area contributed by atoms with E-state index in [1.807, 2.05) is 66.2 Å². The minimum Gasteiger partial charge on any atom is -0.477 e. The fourth-order valence-electron chi connectivity index (χ4n) is 4.63. The Morgan fingerprint density at radius 2 is 1.85 bits per heavy atom. The molecule has 3 heterocycles. The van der Waals surface area contributed by atoms with Crippen LogP contribution in [0, 0.1) is 0 Å². The van der Waals surface area contributed by atoms with Crippen molar-refractivity contribution in [2.24, 2.45) is 0 Å². The Labute approximate surface area is 203 Å². The normalized spacial score (nSPS) is 18.8. The SMILES string of the molecule is C[C@H](c1nc2ccccc2s1)N(C)C(=O)CN1C[C@@H](C(=O)N2CCCCC2)Oc2ccccc21. The molecule has 8 heteroatoms. The maximum atomic E-state index is 13.4. The van der Waals surface area contributed by atoms with Crippen LogP contribution in [0.25, 0.3) is 10.2 Å². The summed E-state index contributed by atoms with van der Waals surface area (Å²) in [6, 6.07) is 15.5. The summed E-state index contributed by atoms with van der Waals surface area (Å²) in [6.07, 6.45) is 2.63. The number of carbonyl (C=O) groups is 2. The van der Waals surface area contributed by atoms with Gasteiger partial charge in [0.2, 0.25) is 5.91 Å². The second-order valence-electron chi connectivity index (χ2n) is 9.04. The number of anilines is 1. The second-order valence-corrected chi connectivity index (χ2v) is 10.1. The summed E-state index contributed by atoms with van der Waals surface area (Å²) in [5, 5.41) is 0.914. The Bertz CT molecular complexity index is 1160. The topological polar surface area (TPSA) is 66.0 Å². The third-order valence-corrected chi connectivity index (χ3v) is 7.98. The van der Waals surface area contributed by atoms with Crippen LogP contribution in [0.1, 0.15) is 37.2 Å². The van der Waals surface area contributed by atoms with Crippen molar-refractivity contribution in [1.82, 2.24) is 14.8 Å². The molecule has 0 radical (unpaired) electrons. The van der Waals surface area contributed by atoms with Gasteiger partial charge >= 0.3 is 0 Å². The lowest BCUT2D eigenvalue weighted by molar-refractivity contribution is -0.140. The van der Waals surface area contributed by atoms with Crippen LogP contribution in [0.3, 0.4) is 0 Å². The van der Waals surface area contributed by atoms with Crippen molar-refractivity contribution in [3.63, 3.8) is 0 Å². The van der Waals surface area contributed by atoms with Crippen LogP contribution in [0.5, 0.6) is 5.75 Å². The van der Waals surface area contributed by atoms with Crippen molar-refractivity contribution < 1.29 is 14.3 Å². The van der Waals surface area contributed by atoms with Crippen molar-refractivity contribution >= 4 is 39.1 Å². The van der Waals surface area contributed by atoms with Crippen LogP contribution < -0.4 is 9.64 Å². The van der Waals surface area contributed by atoms with Gasteiger partial charge in [0.15, 0.2) is 6.10 Å². The minimum atomic E-state index is -0.604. The van der Waals surface area contributed by atoms with Crippen LogP contribution in [0.15, 0.2) is 48.5 Å². The third-order valence-electron chi connectivity index (χ3n) is 6.77. The predicted molar refractivity (Wildman–Crippen MR) is 134 cm³/mol. The van der Waals surface area contributed by atoms with E-state index in [1.54, 1.807) is 16.2 Å². The average molecular weight is 479 g/mol. The predicted octanol–water partition coefficient (Wildman–Crippen LogP) is 4.10. The van der Waals surface area contributed by atoms with Crippen molar-refractivity contribution in [1.29, 1.82) is 0 Å². The molecule has 3 aromatic rings. The van der Waals surface area contributed by atoms with Crippen LogP contribution in [-0.2, 0) is 9.59 Å². The van der Waals surface area contributed by atoms with E-state index >= 15 is 0 Å². The lowest BCUT2D eigenvalue weighted by Crippen LogP contribution is -2.53. The number of piperidine rings is 1. The zero-order chi connectivity index (χ0) is 23.7. The van der Waals surface area contributed by atoms with E-state index in [0.717, 1.165) is 53.3 Å². The second kappa shape index (κ2) is 9.62. The highest BCUT2D eigenvalue weighted by Crippen LogP contribution is 2.34. The fourth-order valence-corrected chi connectivity index (χ4v) is 5.69. The van der Waals surface area contributed by atoms with Gasteiger partial charge in [-0.2, -0.15) is 0 Å². The smallest absolute Gasteiger partial charge is 0.265 e. The highest BCUT2D eigenvalue weighted by molar-refractivity contribution is 7.18. The summed E-state index contributed by atoms with van der Waals surface area (Å²) in [6.45, 7) is 4.10. The number of amides is 2. The molecule has 0 aliphatic carbocycles. The van der Waals surface area contributed by atoms with E-state index in [4.69, 9.17) is 9.72 Å². The number of thiazole rings is 1. The Kier molecular flexibility index (Phi) is 6.41. The highest BCUT2D eigenvalue weighted by atomic mass is 32.1. The van der Waals surface area contributed by atoms with Crippen molar-refractivity contribution in [2.45, 2.75) is 38.3 Å².